The number of rotatable bonds is 7. The first kappa shape index (κ1) is 22.9. The number of nitrogens with one attached hydrogen (secondary N) is 2. The van der Waals surface area contributed by atoms with Crippen molar-refractivity contribution in [3.8, 4) is 16.9 Å². The number of hydrogen-bond acceptors (Lipinski definition) is 4. The number of amides is 1. The van der Waals surface area contributed by atoms with Crippen LogP contribution < -0.4 is 15.4 Å². The Hall–Kier alpha value is -3.32. The van der Waals surface area contributed by atoms with Gasteiger partial charge in [-0.25, -0.2) is 13.8 Å². The van der Waals surface area contributed by atoms with E-state index in [1.165, 1.54) is 36.9 Å². The Bertz CT molecular complexity index is 1110. The van der Waals surface area contributed by atoms with Crippen LogP contribution in [0.1, 0.15) is 31.2 Å². The zero-order valence-electron chi connectivity index (χ0n) is 18.5. The summed E-state index contributed by atoms with van der Waals surface area (Å²) in [5, 5.41) is 6.38. The van der Waals surface area contributed by atoms with E-state index < -0.39 is 11.6 Å². The maximum absolute atomic E-state index is 14.5. The summed E-state index contributed by atoms with van der Waals surface area (Å²) >= 11 is 0. The van der Waals surface area contributed by atoms with Gasteiger partial charge in [-0.15, -0.1) is 0 Å². The summed E-state index contributed by atoms with van der Waals surface area (Å²) in [4.78, 5) is 17.0. The molecule has 2 N–H and O–H groups in total. The predicted octanol–water partition coefficient (Wildman–Crippen LogP) is 5.32. The highest BCUT2D eigenvalue weighted by Crippen LogP contribution is 2.33. The molecule has 7 heteroatoms. The molecule has 1 amide bonds. The van der Waals surface area contributed by atoms with Gasteiger partial charge in [0.2, 0.25) is 5.91 Å². The van der Waals surface area contributed by atoms with Gasteiger partial charge >= 0.3 is 0 Å². The molecule has 3 aromatic rings. The van der Waals surface area contributed by atoms with E-state index in [1.54, 1.807) is 0 Å². The van der Waals surface area contributed by atoms with Crippen molar-refractivity contribution in [2.45, 2.75) is 38.3 Å². The Balaban J connectivity index is 1.42. The number of methoxy groups -OCH3 is 1. The first-order valence-electron chi connectivity index (χ1n) is 11.1. The lowest BCUT2D eigenvalue weighted by Gasteiger charge is -2.29. The van der Waals surface area contributed by atoms with Crippen LogP contribution in [-0.2, 0) is 11.3 Å². The third-order valence-electron chi connectivity index (χ3n) is 6.04. The standard InChI is InChI=1S/C26H27F2N3O2/c1-33-24-13-19(27)10-11-21(24)22-14-25(30-16-23(22)28)31-26(32)18-8-5-9-20(12-18)29-15-17-6-3-2-4-7-17/h2-4,6-7,10-11,13-14,16,18,20,29H,5,8-9,12,15H2,1H3,(H,30,31,32). The van der Waals surface area contributed by atoms with Crippen LogP contribution >= 0.6 is 0 Å². The average molecular weight is 452 g/mol. The van der Waals surface area contributed by atoms with E-state index in [0.717, 1.165) is 38.4 Å². The Morgan fingerprint density at radius 1 is 1.09 bits per heavy atom. The van der Waals surface area contributed by atoms with E-state index in [9.17, 15) is 13.6 Å². The molecule has 5 nitrogen and oxygen atoms in total. The molecule has 1 aromatic heterocycles. The van der Waals surface area contributed by atoms with Gasteiger partial charge in [-0.1, -0.05) is 36.8 Å². The largest absolute Gasteiger partial charge is 0.496 e. The summed E-state index contributed by atoms with van der Waals surface area (Å²) in [7, 11) is 1.39. The highest BCUT2D eigenvalue weighted by Gasteiger charge is 2.27. The zero-order valence-corrected chi connectivity index (χ0v) is 18.5. The average Bonchev–Trinajstić information content (AvgIpc) is 2.85. The first-order chi connectivity index (χ1) is 16.0. The number of nitrogens with zero attached hydrogens (tertiary/aromatic N) is 1. The van der Waals surface area contributed by atoms with E-state index >= 15 is 0 Å². The van der Waals surface area contributed by atoms with E-state index in [0.29, 0.717) is 5.56 Å². The Morgan fingerprint density at radius 3 is 2.70 bits per heavy atom. The molecule has 172 valence electrons. The van der Waals surface area contributed by atoms with Crippen molar-refractivity contribution in [1.29, 1.82) is 0 Å². The molecule has 1 heterocycles. The topological polar surface area (TPSA) is 63.2 Å². The first-order valence-corrected chi connectivity index (χ1v) is 11.1. The summed E-state index contributed by atoms with van der Waals surface area (Å²) < 4.78 is 33.2. The van der Waals surface area contributed by atoms with Crippen LogP contribution in [-0.4, -0.2) is 24.0 Å². The molecular formula is C26H27F2N3O2. The lowest BCUT2D eigenvalue weighted by Crippen LogP contribution is -2.37. The molecule has 4 rings (SSSR count). The Kier molecular flexibility index (Phi) is 7.29. The van der Waals surface area contributed by atoms with Gasteiger partial charge in [-0.2, -0.15) is 0 Å². The van der Waals surface area contributed by atoms with Gasteiger partial charge in [0.25, 0.3) is 0 Å². The number of benzene rings is 2. The second-order valence-corrected chi connectivity index (χ2v) is 8.31. The molecule has 0 radical (unpaired) electrons. The van der Waals surface area contributed by atoms with E-state index in [2.05, 4.69) is 27.8 Å². The molecular weight excluding hydrogens is 424 g/mol. The van der Waals surface area contributed by atoms with Crippen LogP contribution in [0.25, 0.3) is 11.1 Å². The van der Waals surface area contributed by atoms with Gasteiger partial charge in [0.05, 0.1) is 13.3 Å². The summed E-state index contributed by atoms with van der Waals surface area (Å²) in [6.45, 7) is 0.766. The molecule has 2 unspecified atom stereocenters. The van der Waals surface area contributed by atoms with Crippen molar-refractivity contribution in [2.75, 3.05) is 12.4 Å². The number of hydrogen-bond donors (Lipinski definition) is 2. The maximum atomic E-state index is 14.5. The molecule has 0 spiro atoms. The molecule has 0 bridgehead atoms. The van der Waals surface area contributed by atoms with Crippen molar-refractivity contribution >= 4 is 11.7 Å². The third kappa shape index (κ3) is 5.73. The highest BCUT2D eigenvalue weighted by molar-refractivity contribution is 5.92. The quantitative estimate of drug-likeness (QED) is 0.510. The van der Waals surface area contributed by atoms with E-state index in [-0.39, 0.29) is 35.0 Å². The molecule has 1 aliphatic rings. The van der Waals surface area contributed by atoms with Crippen molar-refractivity contribution in [3.63, 3.8) is 0 Å². The minimum absolute atomic E-state index is 0.127. The van der Waals surface area contributed by atoms with Gasteiger partial charge < -0.3 is 15.4 Å². The summed E-state index contributed by atoms with van der Waals surface area (Å²) in [6.07, 6.45) is 4.58. The smallest absolute Gasteiger partial charge is 0.228 e. The Labute approximate surface area is 192 Å². The van der Waals surface area contributed by atoms with E-state index in [4.69, 9.17) is 4.74 Å². The van der Waals surface area contributed by atoms with Gasteiger partial charge in [-0.05, 0) is 43.0 Å². The number of pyridine rings is 1. The number of halogens is 2. The number of anilines is 1. The normalized spacial score (nSPS) is 18.0. The molecule has 1 fully saturated rings. The molecule has 1 aliphatic carbocycles. The summed E-state index contributed by atoms with van der Waals surface area (Å²) in [5.74, 6) is -0.883. The van der Waals surface area contributed by atoms with Crippen LogP contribution in [0.3, 0.4) is 0 Å². The van der Waals surface area contributed by atoms with Crippen LogP contribution in [0.5, 0.6) is 5.75 Å². The molecule has 2 aromatic carbocycles. The molecule has 33 heavy (non-hydrogen) atoms. The highest BCUT2D eigenvalue weighted by atomic mass is 19.1. The zero-order chi connectivity index (χ0) is 23.2. The monoisotopic (exact) mass is 451 g/mol. The van der Waals surface area contributed by atoms with Crippen LogP contribution in [0.15, 0.2) is 60.8 Å². The second kappa shape index (κ2) is 10.5. The van der Waals surface area contributed by atoms with E-state index in [1.807, 2.05) is 18.2 Å². The fourth-order valence-corrected chi connectivity index (χ4v) is 4.30. The summed E-state index contributed by atoms with van der Waals surface area (Å²) in [6, 6.07) is 15.8. The Morgan fingerprint density at radius 2 is 1.91 bits per heavy atom. The molecule has 1 saturated carbocycles. The van der Waals surface area contributed by atoms with Crippen LogP contribution in [0, 0.1) is 17.6 Å². The van der Waals surface area contributed by atoms with Gasteiger partial charge in [0.15, 0.2) is 0 Å². The number of ether oxygens (including phenoxy) is 1. The molecule has 2 atom stereocenters. The fourth-order valence-electron chi connectivity index (χ4n) is 4.30. The van der Waals surface area contributed by atoms with Gasteiger partial charge in [0.1, 0.15) is 23.2 Å². The van der Waals surface area contributed by atoms with Crippen molar-refractivity contribution in [2.24, 2.45) is 5.92 Å². The number of aromatic nitrogens is 1. The van der Waals surface area contributed by atoms with Crippen LogP contribution in [0.4, 0.5) is 14.6 Å². The lowest BCUT2D eigenvalue weighted by molar-refractivity contribution is -0.121. The summed E-state index contributed by atoms with van der Waals surface area (Å²) in [5.41, 5.74) is 1.78. The maximum Gasteiger partial charge on any atom is 0.228 e. The third-order valence-corrected chi connectivity index (χ3v) is 6.04. The number of carbonyl (C=O) groups excluding carboxylic acids is 1. The molecule has 0 aliphatic heterocycles. The number of carbonyl (C=O) groups is 1. The lowest BCUT2D eigenvalue weighted by atomic mass is 9.85. The van der Waals surface area contributed by atoms with Crippen molar-refractivity contribution < 1.29 is 18.3 Å². The predicted molar refractivity (Wildman–Crippen MR) is 124 cm³/mol. The van der Waals surface area contributed by atoms with Crippen LogP contribution in [0.2, 0.25) is 0 Å². The minimum Gasteiger partial charge on any atom is -0.496 e. The second-order valence-electron chi connectivity index (χ2n) is 8.31. The minimum atomic E-state index is -0.583. The van der Waals surface area contributed by atoms with Crippen molar-refractivity contribution in [1.82, 2.24) is 10.3 Å². The molecule has 0 saturated heterocycles. The van der Waals surface area contributed by atoms with Crippen molar-refractivity contribution in [3.05, 3.63) is 78.0 Å². The van der Waals surface area contributed by atoms with Gasteiger partial charge in [0, 0.05) is 35.7 Å². The fraction of sp³-hybridized carbons (Fsp3) is 0.308. The SMILES string of the molecule is COc1cc(F)ccc1-c1cc(NC(=O)C2CCCC(NCc3ccccc3)C2)ncc1F. The van der Waals surface area contributed by atoms with Gasteiger partial charge in [-0.3, -0.25) is 4.79 Å².